The lowest BCUT2D eigenvalue weighted by Gasteiger charge is -2.02. The lowest BCUT2D eigenvalue weighted by molar-refractivity contribution is 0.607. The van der Waals surface area contributed by atoms with Crippen molar-refractivity contribution in [1.29, 1.82) is 0 Å². The van der Waals surface area contributed by atoms with Crippen molar-refractivity contribution >= 4 is 49.5 Å². The molecule has 0 aliphatic rings. The van der Waals surface area contributed by atoms with Gasteiger partial charge in [-0.25, -0.2) is 8.42 Å². The monoisotopic (exact) mass is 291 g/mol. The van der Waals surface area contributed by atoms with Crippen LogP contribution in [0.5, 0.6) is 0 Å². The molecule has 0 atom stereocenters. The molecule has 0 aliphatic carbocycles. The maximum Gasteiger partial charge on any atom is 0.229 e. The van der Waals surface area contributed by atoms with Crippen LogP contribution < -0.4 is 4.72 Å². The molecular weight excluding hydrogens is 278 g/mol. The minimum atomic E-state index is -3.19. The van der Waals surface area contributed by atoms with E-state index in [1.807, 2.05) is 12.1 Å². The summed E-state index contributed by atoms with van der Waals surface area (Å²) in [4.78, 5) is 1.31. The van der Waals surface area contributed by atoms with Gasteiger partial charge in [0.1, 0.15) is 0 Å². The van der Waals surface area contributed by atoms with Gasteiger partial charge in [0.2, 0.25) is 10.0 Å². The molecule has 1 aromatic carbocycles. The summed E-state index contributed by atoms with van der Waals surface area (Å²) in [5.74, 6) is 0. The Morgan fingerprint density at radius 1 is 1.29 bits per heavy atom. The van der Waals surface area contributed by atoms with E-state index in [1.54, 1.807) is 17.4 Å². The van der Waals surface area contributed by atoms with Crippen molar-refractivity contribution in [2.45, 2.75) is 13.3 Å². The number of hydrogen-bond acceptors (Lipinski definition) is 3. The molecule has 0 unspecified atom stereocenters. The summed E-state index contributed by atoms with van der Waals surface area (Å²) in [5, 5.41) is 1.09. The van der Waals surface area contributed by atoms with Crippen LogP contribution in [-0.4, -0.2) is 14.7 Å². The maximum atomic E-state index is 11.1. The summed E-state index contributed by atoms with van der Waals surface area (Å²) in [6.07, 6.45) is 2.16. The topological polar surface area (TPSA) is 46.2 Å². The number of benzene rings is 1. The van der Waals surface area contributed by atoms with Crippen molar-refractivity contribution in [3.8, 4) is 0 Å². The second kappa shape index (κ2) is 5.25. The summed E-state index contributed by atoms with van der Waals surface area (Å²) >= 11 is 1.75. The number of aryl methyl sites for hydroxylation is 1. The molecule has 3 nitrogen and oxygen atoms in total. The molecule has 0 radical (unpaired) electrons. The van der Waals surface area contributed by atoms with Gasteiger partial charge in [-0.05, 0) is 36.1 Å². The number of sulfonamides is 1. The van der Waals surface area contributed by atoms with E-state index < -0.39 is 10.0 Å². The Balaban J connectivity index is 0.00000144. The molecule has 1 aromatic heterocycles. The number of anilines is 1. The van der Waals surface area contributed by atoms with Crippen LogP contribution in [0.2, 0.25) is 0 Å². The molecule has 1 N–H and O–H groups in total. The van der Waals surface area contributed by atoms with Crippen molar-refractivity contribution in [3.05, 3.63) is 29.1 Å². The van der Waals surface area contributed by atoms with Crippen molar-refractivity contribution < 1.29 is 8.42 Å². The zero-order valence-electron chi connectivity index (χ0n) is 9.56. The van der Waals surface area contributed by atoms with Gasteiger partial charge in [-0.3, -0.25) is 4.72 Å². The first kappa shape index (κ1) is 14.3. The molecule has 0 amide bonds. The van der Waals surface area contributed by atoms with E-state index in [4.69, 9.17) is 0 Å². The molecule has 0 spiro atoms. The minimum Gasteiger partial charge on any atom is -0.284 e. The number of halogens is 1. The number of nitrogens with one attached hydrogen (secondary N) is 1. The zero-order chi connectivity index (χ0) is 11.8. The van der Waals surface area contributed by atoms with Gasteiger partial charge in [0.15, 0.2) is 0 Å². The summed E-state index contributed by atoms with van der Waals surface area (Å²) < 4.78 is 25.8. The first-order valence-electron chi connectivity index (χ1n) is 4.98. The fourth-order valence-electron chi connectivity index (χ4n) is 1.55. The highest BCUT2D eigenvalue weighted by molar-refractivity contribution is 7.92. The van der Waals surface area contributed by atoms with Crippen LogP contribution in [-0.2, 0) is 16.4 Å². The van der Waals surface area contributed by atoms with Crippen molar-refractivity contribution in [1.82, 2.24) is 0 Å². The van der Waals surface area contributed by atoms with Gasteiger partial charge < -0.3 is 0 Å². The van der Waals surface area contributed by atoms with Gasteiger partial charge >= 0.3 is 0 Å². The standard InChI is InChI=1S/C11H13NO2S2.ClH/c1-3-10-7-8-6-9(12-16(2,13)14)4-5-11(8)15-10;/h4-7,12H,3H2,1-2H3;1H. The van der Waals surface area contributed by atoms with Gasteiger partial charge in [-0.15, -0.1) is 23.7 Å². The Hall–Kier alpha value is -0.780. The average Bonchev–Trinajstić information content (AvgIpc) is 2.57. The third kappa shape index (κ3) is 3.59. The molecular formula is C11H14ClNO2S2. The maximum absolute atomic E-state index is 11.1. The largest absolute Gasteiger partial charge is 0.284 e. The van der Waals surface area contributed by atoms with Crippen LogP contribution in [0.4, 0.5) is 5.69 Å². The molecule has 0 saturated carbocycles. The Bertz CT molecular complexity index is 619. The minimum absolute atomic E-state index is 0. The summed E-state index contributed by atoms with van der Waals surface area (Å²) in [6.45, 7) is 2.11. The predicted molar refractivity (Wildman–Crippen MR) is 76.9 cm³/mol. The van der Waals surface area contributed by atoms with Gasteiger partial charge in [-0.2, -0.15) is 0 Å². The smallest absolute Gasteiger partial charge is 0.229 e. The summed E-state index contributed by atoms with van der Waals surface area (Å²) in [6, 6.07) is 7.71. The second-order valence-electron chi connectivity index (χ2n) is 3.69. The quantitative estimate of drug-likeness (QED) is 0.943. The molecule has 0 fully saturated rings. The molecule has 6 heteroatoms. The SMILES string of the molecule is CCc1cc2cc(NS(C)(=O)=O)ccc2s1.Cl. The third-order valence-corrected chi connectivity index (χ3v) is 4.09. The Labute approximate surface area is 111 Å². The highest BCUT2D eigenvalue weighted by Gasteiger charge is 2.04. The van der Waals surface area contributed by atoms with Crippen LogP contribution in [0.1, 0.15) is 11.8 Å². The van der Waals surface area contributed by atoms with E-state index in [9.17, 15) is 8.42 Å². The van der Waals surface area contributed by atoms with Crippen LogP contribution in [0.3, 0.4) is 0 Å². The Morgan fingerprint density at radius 3 is 2.59 bits per heavy atom. The molecule has 0 bridgehead atoms. The van der Waals surface area contributed by atoms with E-state index >= 15 is 0 Å². The highest BCUT2D eigenvalue weighted by Crippen LogP contribution is 2.28. The van der Waals surface area contributed by atoms with Gasteiger partial charge in [0.05, 0.1) is 6.26 Å². The normalized spacial score (nSPS) is 11.2. The number of rotatable bonds is 3. The fourth-order valence-corrected chi connectivity index (χ4v) is 3.09. The Morgan fingerprint density at radius 2 is 2.00 bits per heavy atom. The van der Waals surface area contributed by atoms with Crippen molar-refractivity contribution in [2.75, 3.05) is 11.0 Å². The lowest BCUT2D eigenvalue weighted by Crippen LogP contribution is -2.09. The van der Waals surface area contributed by atoms with Crippen molar-refractivity contribution in [2.24, 2.45) is 0 Å². The average molecular weight is 292 g/mol. The first-order chi connectivity index (χ1) is 7.48. The highest BCUT2D eigenvalue weighted by atomic mass is 35.5. The zero-order valence-corrected chi connectivity index (χ0v) is 12.0. The molecule has 2 aromatic rings. The molecule has 1 heterocycles. The van der Waals surface area contributed by atoms with Gasteiger partial charge in [-0.1, -0.05) is 6.92 Å². The molecule has 0 saturated heterocycles. The molecule has 2 rings (SSSR count). The van der Waals surface area contributed by atoms with Crippen LogP contribution >= 0.6 is 23.7 Å². The van der Waals surface area contributed by atoms with E-state index in [2.05, 4.69) is 17.7 Å². The number of thiophene rings is 1. The van der Waals surface area contributed by atoms with Crippen LogP contribution in [0.25, 0.3) is 10.1 Å². The van der Waals surface area contributed by atoms with E-state index in [0.717, 1.165) is 18.1 Å². The van der Waals surface area contributed by atoms with E-state index in [0.29, 0.717) is 5.69 Å². The molecule has 0 aliphatic heterocycles. The van der Waals surface area contributed by atoms with Gasteiger partial charge in [0, 0.05) is 15.3 Å². The predicted octanol–water partition coefficient (Wildman–Crippen LogP) is 3.26. The van der Waals surface area contributed by atoms with Crippen LogP contribution in [0, 0.1) is 0 Å². The summed E-state index contributed by atoms with van der Waals surface area (Å²) in [5.41, 5.74) is 0.621. The van der Waals surface area contributed by atoms with Crippen molar-refractivity contribution in [3.63, 3.8) is 0 Å². The lowest BCUT2D eigenvalue weighted by atomic mass is 10.2. The van der Waals surface area contributed by atoms with Crippen LogP contribution in [0.15, 0.2) is 24.3 Å². The van der Waals surface area contributed by atoms with E-state index in [1.165, 1.54) is 9.58 Å². The molecule has 17 heavy (non-hydrogen) atoms. The Kier molecular flexibility index (Phi) is 4.41. The van der Waals surface area contributed by atoms with E-state index in [-0.39, 0.29) is 12.4 Å². The third-order valence-electron chi connectivity index (χ3n) is 2.22. The number of fused-ring (bicyclic) bond motifs is 1. The number of hydrogen-bond donors (Lipinski definition) is 1. The summed E-state index contributed by atoms with van der Waals surface area (Å²) in [7, 11) is -3.19. The second-order valence-corrected chi connectivity index (χ2v) is 6.61. The molecule has 94 valence electrons. The fraction of sp³-hybridized carbons (Fsp3) is 0.273. The van der Waals surface area contributed by atoms with Gasteiger partial charge in [0.25, 0.3) is 0 Å². The first-order valence-corrected chi connectivity index (χ1v) is 7.69.